The maximum Gasteiger partial charge on any atom is 0.329 e. The number of urea groups is 1. The molecule has 0 spiro atoms. The fourth-order valence-corrected chi connectivity index (χ4v) is 4.47. The molecule has 1 saturated heterocycles. The molecule has 8 nitrogen and oxygen atoms in total. The summed E-state index contributed by atoms with van der Waals surface area (Å²) in [6.45, 7) is 3.88. The quantitative estimate of drug-likeness (QED) is 0.229. The number of ether oxygens (including phenoxy) is 2. The number of carbonyl (C=O) groups excluding carboxylic acids is 3. The van der Waals surface area contributed by atoms with Gasteiger partial charge < -0.3 is 20.1 Å². The summed E-state index contributed by atoms with van der Waals surface area (Å²) in [5, 5.41) is 6.11. The van der Waals surface area contributed by atoms with E-state index in [9.17, 15) is 14.4 Å². The summed E-state index contributed by atoms with van der Waals surface area (Å²) >= 11 is 12.8. The second-order valence-corrected chi connectivity index (χ2v) is 9.40. The highest BCUT2D eigenvalue weighted by Crippen LogP contribution is 2.38. The van der Waals surface area contributed by atoms with Crippen LogP contribution in [0.1, 0.15) is 30.5 Å². The number of para-hydroxylation sites is 1. The molecule has 0 saturated carbocycles. The van der Waals surface area contributed by atoms with Crippen molar-refractivity contribution in [1.29, 1.82) is 0 Å². The molecule has 0 radical (unpaired) electrons. The van der Waals surface area contributed by atoms with Crippen molar-refractivity contribution in [2.75, 3.05) is 18.5 Å². The normalized spacial score (nSPS) is 13.9. The molecule has 39 heavy (non-hydrogen) atoms. The number of nitrogens with zero attached hydrogens (tertiary/aromatic N) is 1. The van der Waals surface area contributed by atoms with E-state index in [4.69, 9.17) is 32.7 Å². The van der Waals surface area contributed by atoms with Gasteiger partial charge in [-0.3, -0.25) is 9.59 Å². The predicted molar refractivity (Wildman–Crippen MR) is 151 cm³/mol. The zero-order valence-corrected chi connectivity index (χ0v) is 22.9. The molecule has 1 fully saturated rings. The van der Waals surface area contributed by atoms with Crippen LogP contribution in [0.5, 0.6) is 11.5 Å². The maximum atomic E-state index is 13.0. The Hall–Kier alpha value is -4.01. The number of hydrogen-bond acceptors (Lipinski definition) is 5. The minimum atomic E-state index is -0.694. The Labute approximate surface area is 236 Å². The summed E-state index contributed by atoms with van der Waals surface area (Å²) in [5.41, 5.74) is 2.88. The van der Waals surface area contributed by atoms with Crippen molar-refractivity contribution in [3.63, 3.8) is 0 Å². The molecule has 10 heteroatoms. The topological polar surface area (TPSA) is 97.0 Å². The van der Waals surface area contributed by atoms with Gasteiger partial charge in [-0.1, -0.05) is 66.5 Å². The zero-order chi connectivity index (χ0) is 27.9. The van der Waals surface area contributed by atoms with Gasteiger partial charge in [-0.15, -0.1) is 0 Å². The Balaban J connectivity index is 1.50. The fourth-order valence-electron chi connectivity index (χ4n) is 4.01. The first-order valence-electron chi connectivity index (χ1n) is 12.4. The van der Waals surface area contributed by atoms with Crippen molar-refractivity contribution < 1.29 is 23.9 Å². The van der Waals surface area contributed by atoms with Gasteiger partial charge in [0, 0.05) is 16.3 Å². The number of benzene rings is 3. The number of anilines is 1. The third kappa shape index (κ3) is 6.71. The van der Waals surface area contributed by atoms with Crippen molar-refractivity contribution >= 4 is 52.8 Å². The van der Waals surface area contributed by atoms with Gasteiger partial charge in [0.25, 0.3) is 5.91 Å². The molecule has 0 aromatic heterocycles. The molecule has 1 aliphatic rings. The molecular weight excluding hydrogens is 541 g/mol. The van der Waals surface area contributed by atoms with Crippen LogP contribution < -0.4 is 20.1 Å². The maximum absolute atomic E-state index is 13.0. The van der Waals surface area contributed by atoms with E-state index in [2.05, 4.69) is 10.6 Å². The lowest BCUT2D eigenvalue weighted by Crippen LogP contribution is -2.38. The highest BCUT2D eigenvalue weighted by Gasteiger charge is 2.35. The van der Waals surface area contributed by atoms with E-state index in [-0.39, 0.29) is 17.3 Å². The largest absolute Gasteiger partial charge is 0.490 e. The van der Waals surface area contributed by atoms with Crippen molar-refractivity contribution in [2.24, 2.45) is 0 Å². The van der Waals surface area contributed by atoms with Crippen LogP contribution in [-0.2, 0) is 22.6 Å². The SMILES string of the molecule is CCOc1cc(/C=C2/NC(=O)N(CC(=O)Nc3ccccc3CC)C2=O)cc(Cl)c1OCc1ccccc1Cl. The molecule has 0 aliphatic carbocycles. The van der Waals surface area contributed by atoms with Gasteiger partial charge >= 0.3 is 6.03 Å². The standard InChI is InChI=1S/C29H27Cl2N3O5/c1-3-19-9-6-8-12-23(19)32-26(35)16-34-28(36)24(33-29(34)37)14-18-13-22(31)27(25(15-18)38-4-2)39-17-20-10-5-7-11-21(20)30/h5-15H,3-4,16-17H2,1-2H3,(H,32,35)(H,33,37)/b24-14+. The van der Waals surface area contributed by atoms with Crippen LogP contribution in [0.4, 0.5) is 10.5 Å². The van der Waals surface area contributed by atoms with Gasteiger partial charge in [-0.2, -0.15) is 0 Å². The fraction of sp³-hybridized carbons (Fsp3) is 0.207. The summed E-state index contributed by atoms with van der Waals surface area (Å²) in [4.78, 5) is 39.0. The van der Waals surface area contributed by atoms with Crippen LogP contribution in [0.25, 0.3) is 6.08 Å². The molecule has 0 unspecified atom stereocenters. The van der Waals surface area contributed by atoms with Crippen molar-refractivity contribution in [3.8, 4) is 11.5 Å². The Morgan fingerprint density at radius 1 is 0.974 bits per heavy atom. The van der Waals surface area contributed by atoms with E-state index in [0.717, 1.165) is 22.4 Å². The van der Waals surface area contributed by atoms with E-state index >= 15 is 0 Å². The van der Waals surface area contributed by atoms with Gasteiger partial charge in [-0.05, 0) is 54.8 Å². The number of rotatable bonds is 10. The van der Waals surface area contributed by atoms with Crippen LogP contribution in [0.3, 0.4) is 0 Å². The van der Waals surface area contributed by atoms with Gasteiger partial charge in [-0.25, -0.2) is 9.69 Å². The molecule has 0 atom stereocenters. The van der Waals surface area contributed by atoms with Gasteiger partial charge in [0.15, 0.2) is 11.5 Å². The number of hydrogen-bond donors (Lipinski definition) is 2. The number of aryl methyl sites for hydroxylation is 1. The summed E-state index contributed by atoms with van der Waals surface area (Å²) in [7, 11) is 0. The predicted octanol–water partition coefficient (Wildman–Crippen LogP) is 6.06. The summed E-state index contributed by atoms with van der Waals surface area (Å²) in [5.74, 6) is -0.422. The molecule has 4 amide bonds. The Morgan fingerprint density at radius 3 is 2.41 bits per heavy atom. The first kappa shape index (κ1) is 28.0. The van der Waals surface area contributed by atoms with Gasteiger partial charge in [0.2, 0.25) is 5.91 Å². The van der Waals surface area contributed by atoms with Crippen LogP contribution in [-0.4, -0.2) is 35.9 Å². The van der Waals surface area contributed by atoms with E-state index in [1.807, 2.05) is 44.2 Å². The van der Waals surface area contributed by atoms with Crippen molar-refractivity contribution in [1.82, 2.24) is 10.2 Å². The van der Waals surface area contributed by atoms with Gasteiger partial charge in [0.05, 0.1) is 11.6 Å². The van der Waals surface area contributed by atoms with Crippen LogP contribution in [0.2, 0.25) is 10.0 Å². The van der Waals surface area contributed by atoms with E-state index < -0.39 is 24.4 Å². The van der Waals surface area contributed by atoms with Crippen LogP contribution in [0.15, 0.2) is 66.4 Å². The average molecular weight is 568 g/mol. The lowest BCUT2D eigenvalue weighted by atomic mass is 10.1. The minimum absolute atomic E-state index is 0.00464. The van der Waals surface area contributed by atoms with Crippen LogP contribution in [0, 0.1) is 0 Å². The lowest BCUT2D eigenvalue weighted by Gasteiger charge is -2.15. The zero-order valence-electron chi connectivity index (χ0n) is 21.4. The smallest absolute Gasteiger partial charge is 0.329 e. The average Bonchev–Trinajstić information content (AvgIpc) is 3.16. The number of halogens is 2. The molecule has 3 aromatic rings. The molecule has 1 aliphatic heterocycles. The van der Waals surface area contributed by atoms with Gasteiger partial charge in [0.1, 0.15) is 18.8 Å². The summed E-state index contributed by atoms with van der Waals surface area (Å²) in [6, 6.07) is 17.2. The molecule has 4 rings (SSSR count). The highest BCUT2D eigenvalue weighted by atomic mass is 35.5. The second-order valence-electron chi connectivity index (χ2n) is 8.58. The van der Waals surface area contributed by atoms with E-state index in [0.29, 0.717) is 34.4 Å². The third-order valence-electron chi connectivity index (χ3n) is 5.91. The number of imide groups is 1. The number of amides is 4. The molecule has 2 N–H and O–H groups in total. The van der Waals surface area contributed by atoms with E-state index in [1.165, 1.54) is 6.08 Å². The third-order valence-corrected chi connectivity index (χ3v) is 6.56. The van der Waals surface area contributed by atoms with E-state index in [1.54, 1.807) is 30.3 Å². The van der Waals surface area contributed by atoms with Crippen LogP contribution >= 0.6 is 23.2 Å². The first-order chi connectivity index (χ1) is 18.8. The molecule has 1 heterocycles. The Kier molecular flexibility index (Phi) is 9.11. The first-order valence-corrected chi connectivity index (χ1v) is 13.1. The number of nitrogens with one attached hydrogen (secondary N) is 2. The molecule has 202 valence electrons. The summed E-state index contributed by atoms with van der Waals surface area (Å²) in [6.07, 6.45) is 2.19. The number of carbonyl (C=O) groups is 3. The summed E-state index contributed by atoms with van der Waals surface area (Å²) < 4.78 is 11.7. The Bertz CT molecular complexity index is 1440. The Morgan fingerprint density at radius 2 is 1.69 bits per heavy atom. The monoisotopic (exact) mass is 567 g/mol. The van der Waals surface area contributed by atoms with Crippen molar-refractivity contribution in [2.45, 2.75) is 26.9 Å². The molecule has 3 aromatic carbocycles. The highest BCUT2D eigenvalue weighted by molar-refractivity contribution is 6.32. The lowest BCUT2D eigenvalue weighted by molar-refractivity contribution is -0.127. The molecular formula is C29H27Cl2N3O5. The minimum Gasteiger partial charge on any atom is -0.490 e. The second kappa shape index (κ2) is 12.7. The molecule has 0 bridgehead atoms. The van der Waals surface area contributed by atoms with Crippen molar-refractivity contribution in [3.05, 3.63) is 93.1 Å².